The Morgan fingerprint density at radius 1 is 1.14 bits per heavy atom. The molecular weight excluding hydrogens is 401 g/mol. The molecule has 1 atom stereocenters. The van der Waals surface area contributed by atoms with Crippen LogP contribution in [0.15, 0.2) is 36.4 Å². The van der Waals surface area contributed by atoms with E-state index in [1.807, 2.05) is 31.2 Å². The summed E-state index contributed by atoms with van der Waals surface area (Å²) in [5.41, 5.74) is 2.22. The molecule has 28 heavy (non-hydrogen) atoms. The number of rotatable bonds is 8. The fourth-order valence-corrected chi connectivity index (χ4v) is 3.30. The van der Waals surface area contributed by atoms with Crippen molar-refractivity contribution in [1.82, 2.24) is 5.32 Å². The van der Waals surface area contributed by atoms with Gasteiger partial charge in [-0.25, -0.2) is 0 Å². The number of nitrogens with one attached hydrogen (secondary N) is 1. The van der Waals surface area contributed by atoms with E-state index >= 15 is 0 Å². The first-order valence-electron chi connectivity index (χ1n) is 8.94. The Balaban J connectivity index is 1.95. The molecule has 150 valence electrons. The van der Waals surface area contributed by atoms with Crippen molar-refractivity contribution in [2.24, 2.45) is 0 Å². The van der Waals surface area contributed by atoms with Gasteiger partial charge in [0.05, 0.1) is 30.2 Å². The molecule has 0 aliphatic rings. The molecule has 0 aromatic heterocycles. The fraction of sp³-hybridized carbons (Fsp3) is 0.333. The van der Waals surface area contributed by atoms with Crippen LogP contribution in [0.3, 0.4) is 0 Å². The van der Waals surface area contributed by atoms with Gasteiger partial charge in [-0.15, -0.1) is 0 Å². The first kappa shape index (κ1) is 22.1. The summed E-state index contributed by atoms with van der Waals surface area (Å²) in [7, 11) is 1.45. The number of esters is 1. The molecule has 2 aromatic carbocycles. The predicted molar refractivity (Wildman–Crippen MR) is 111 cm³/mol. The number of methoxy groups -OCH3 is 1. The maximum absolute atomic E-state index is 12.4. The van der Waals surface area contributed by atoms with Gasteiger partial charge in [0.15, 0.2) is 0 Å². The third-order valence-corrected chi connectivity index (χ3v) is 4.78. The zero-order chi connectivity index (χ0) is 20.7. The number of ether oxygens (including phenoxy) is 2. The van der Waals surface area contributed by atoms with Crippen molar-refractivity contribution in [3.63, 3.8) is 0 Å². The minimum absolute atomic E-state index is 0.239. The molecule has 0 saturated heterocycles. The normalized spacial score (nSPS) is 11.6. The molecule has 0 spiro atoms. The number of benzene rings is 2. The lowest BCUT2D eigenvalue weighted by molar-refractivity contribution is -0.144. The Hall–Kier alpha value is -2.24. The summed E-state index contributed by atoms with van der Waals surface area (Å²) in [5.74, 6) is -0.569. The molecule has 0 saturated carbocycles. The molecule has 0 bridgehead atoms. The van der Waals surface area contributed by atoms with E-state index in [0.29, 0.717) is 35.9 Å². The van der Waals surface area contributed by atoms with Gasteiger partial charge in [-0.2, -0.15) is 0 Å². The average molecular weight is 424 g/mol. The van der Waals surface area contributed by atoms with Crippen LogP contribution in [0.5, 0.6) is 5.75 Å². The minimum atomic E-state index is -0.311. The monoisotopic (exact) mass is 423 g/mol. The zero-order valence-corrected chi connectivity index (χ0v) is 17.6. The molecule has 5 nitrogen and oxygen atoms in total. The van der Waals surface area contributed by atoms with Crippen molar-refractivity contribution >= 4 is 35.1 Å². The molecule has 1 unspecified atom stereocenters. The minimum Gasteiger partial charge on any atom is -0.494 e. The van der Waals surface area contributed by atoms with Crippen molar-refractivity contribution in [1.29, 1.82) is 0 Å². The maximum atomic E-state index is 12.4. The SMILES string of the molecule is CCOC(=O)C(C)c1ccc(CCNC(=O)c2cc(Cl)cc(Cl)c2OC)cc1. The van der Waals surface area contributed by atoms with Gasteiger partial charge < -0.3 is 14.8 Å². The average Bonchev–Trinajstić information content (AvgIpc) is 2.67. The summed E-state index contributed by atoms with van der Waals surface area (Å²) >= 11 is 12.1. The van der Waals surface area contributed by atoms with Gasteiger partial charge >= 0.3 is 5.97 Å². The summed E-state index contributed by atoms with van der Waals surface area (Å²) < 4.78 is 10.2. The zero-order valence-electron chi connectivity index (χ0n) is 16.1. The van der Waals surface area contributed by atoms with E-state index in [9.17, 15) is 9.59 Å². The molecule has 0 aliphatic carbocycles. The van der Waals surface area contributed by atoms with E-state index in [1.54, 1.807) is 6.92 Å². The van der Waals surface area contributed by atoms with Crippen LogP contribution in [0, 0.1) is 0 Å². The Labute approximate surface area is 174 Å². The summed E-state index contributed by atoms with van der Waals surface area (Å²) in [4.78, 5) is 24.3. The van der Waals surface area contributed by atoms with Crippen LogP contribution in [0.2, 0.25) is 10.0 Å². The predicted octanol–water partition coefficient (Wildman–Crippen LogP) is 4.64. The smallest absolute Gasteiger partial charge is 0.313 e. The largest absolute Gasteiger partial charge is 0.494 e. The van der Waals surface area contributed by atoms with Crippen molar-refractivity contribution in [2.75, 3.05) is 20.3 Å². The first-order valence-corrected chi connectivity index (χ1v) is 9.69. The molecule has 1 N–H and O–H groups in total. The van der Waals surface area contributed by atoms with Crippen molar-refractivity contribution in [3.05, 3.63) is 63.1 Å². The number of hydrogen-bond donors (Lipinski definition) is 1. The van der Waals surface area contributed by atoms with E-state index in [1.165, 1.54) is 19.2 Å². The van der Waals surface area contributed by atoms with E-state index < -0.39 is 0 Å². The van der Waals surface area contributed by atoms with Gasteiger partial charge in [-0.3, -0.25) is 9.59 Å². The topological polar surface area (TPSA) is 64.6 Å². The van der Waals surface area contributed by atoms with Gasteiger partial charge in [0.1, 0.15) is 5.75 Å². The second kappa shape index (κ2) is 10.3. The Kier molecular flexibility index (Phi) is 8.15. The second-order valence-corrected chi connectivity index (χ2v) is 7.03. The summed E-state index contributed by atoms with van der Waals surface area (Å²) in [6, 6.07) is 10.7. The molecular formula is C21H23Cl2NO4. The molecule has 7 heteroatoms. The molecule has 0 heterocycles. The molecule has 2 rings (SSSR count). The molecule has 0 fully saturated rings. The van der Waals surface area contributed by atoms with Crippen LogP contribution in [-0.2, 0) is 16.0 Å². The Morgan fingerprint density at radius 2 is 1.82 bits per heavy atom. The van der Waals surface area contributed by atoms with E-state index in [2.05, 4.69) is 5.32 Å². The number of halogens is 2. The van der Waals surface area contributed by atoms with Gasteiger partial charge in [-0.1, -0.05) is 47.5 Å². The third kappa shape index (κ3) is 5.63. The van der Waals surface area contributed by atoms with Crippen LogP contribution < -0.4 is 10.1 Å². The van der Waals surface area contributed by atoms with Crippen molar-refractivity contribution in [3.8, 4) is 5.75 Å². The number of carbonyl (C=O) groups excluding carboxylic acids is 2. The van der Waals surface area contributed by atoms with Crippen LogP contribution in [0.4, 0.5) is 0 Å². The third-order valence-electron chi connectivity index (χ3n) is 4.28. The van der Waals surface area contributed by atoms with Gasteiger partial charge in [0, 0.05) is 11.6 Å². The maximum Gasteiger partial charge on any atom is 0.313 e. The highest BCUT2D eigenvalue weighted by Crippen LogP contribution is 2.32. The van der Waals surface area contributed by atoms with E-state index in [0.717, 1.165) is 11.1 Å². The van der Waals surface area contributed by atoms with E-state index in [4.69, 9.17) is 32.7 Å². The quantitative estimate of drug-likeness (QED) is 0.627. The van der Waals surface area contributed by atoms with Crippen LogP contribution >= 0.6 is 23.2 Å². The lowest BCUT2D eigenvalue weighted by Crippen LogP contribution is -2.26. The second-order valence-electron chi connectivity index (χ2n) is 6.19. The summed E-state index contributed by atoms with van der Waals surface area (Å²) in [5, 5.41) is 3.49. The number of hydrogen-bond acceptors (Lipinski definition) is 4. The van der Waals surface area contributed by atoms with E-state index in [-0.39, 0.29) is 22.8 Å². The highest BCUT2D eigenvalue weighted by Gasteiger charge is 2.17. The fourth-order valence-electron chi connectivity index (χ4n) is 2.73. The molecule has 2 aromatic rings. The van der Waals surface area contributed by atoms with Crippen LogP contribution in [-0.4, -0.2) is 32.1 Å². The Bertz CT molecular complexity index is 837. The summed E-state index contributed by atoms with van der Waals surface area (Å²) in [6.45, 7) is 4.40. The van der Waals surface area contributed by atoms with Crippen molar-refractivity contribution < 1.29 is 19.1 Å². The molecule has 1 amide bonds. The lowest BCUT2D eigenvalue weighted by atomic mass is 9.99. The van der Waals surface area contributed by atoms with Crippen LogP contribution in [0.1, 0.15) is 41.3 Å². The van der Waals surface area contributed by atoms with Gasteiger partial charge in [0.25, 0.3) is 5.91 Å². The highest BCUT2D eigenvalue weighted by atomic mass is 35.5. The van der Waals surface area contributed by atoms with Crippen LogP contribution in [0.25, 0.3) is 0 Å². The van der Waals surface area contributed by atoms with Gasteiger partial charge in [0.2, 0.25) is 0 Å². The highest BCUT2D eigenvalue weighted by molar-refractivity contribution is 6.36. The number of amides is 1. The molecule has 0 radical (unpaired) electrons. The Morgan fingerprint density at radius 3 is 2.43 bits per heavy atom. The number of carbonyl (C=O) groups is 2. The lowest BCUT2D eigenvalue weighted by Gasteiger charge is -2.12. The first-order chi connectivity index (χ1) is 13.4. The summed E-state index contributed by atoms with van der Waals surface area (Å²) in [6.07, 6.45) is 0.635. The molecule has 0 aliphatic heterocycles. The standard InChI is InChI=1S/C21H23Cl2NO4/c1-4-28-21(26)13(2)15-7-5-14(6-8-15)9-10-24-20(25)17-11-16(22)12-18(23)19(17)27-3/h5-8,11-13H,4,9-10H2,1-3H3,(H,24,25). The van der Waals surface area contributed by atoms with Gasteiger partial charge in [-0.05, 0) is 43.5 Å². The van der Waals surface area contributed by atoms with Crippen molar-refractivity contribution in [2.45, 2.75) is 26.2 Å².